The molecule has 0 spiro atoms. The summed E-state index contributed by atoms with van der Waals surface area (Å²) in [5.41, 5.74) is 1.09. The molecule has 74 valence electrons. The molecule has 0 saturated heterocycles. The molecule has 2 aromatic rings. The van der Waals surface area contributed by atoms with Gasteiger partial charge < -0.3 is 9.88 Å². The Labute approximate surface area is 81.4 Å². The molecule has 0 bridgehead atoms. The summed E-state index contributed by atoms with van der Waals surface area (Å²) in [5, 5.41) is 17.7. The van der Waals surface area contributed by atoms with Crippen LogP contribution in [0.1, 0.15) is 11.4 Å². The van der Waals surface area contributed by atoms with Crippen LogP contribution in [0.3, 0.4) is 0 Å². The molecule has 2 aromatic heterocycles. The summed E-state index contributed by atoms with van der Waals surface area (Å²) in [6.07, 6.45) is 3.62. The van der Waals surface area contributed by atoms with Crippen molar-refractivity contribution in [3.05, 3.63) is 23.8 Å². The first-order valence-electron chi connectivity index (χ1n) is 4.35. The second-order valence-electron chi connectivity index (χ2n) is 3.09. The van der Waals surface area contributed by atoms with E-state index in [0.717, 1.165) is 17.3 Å². The molecular formula is C8H12N6. The molecule has 6 nitrogen and oxygen atoms in total. The number of anilines is 1. The lowest BCUT2D eigenvalue weighted by Crippen LogP contribution is -2.04. The summed E-state index contributed by atoms with van der Waals surface area (Å²) in [6, 6.07) is 0. The van der Waals surface area contributed by atoms with Crippen LogP contribution in [0.5, 0.6) is 0 Å². The maximum atomic E-state index is 3.99. The molecule has 0 saturated carbocycles. The molecule has 0 aromatic carbocycles. The zero-order valence-electron chi connectivity index (χ0n) is 8.15. The van der Waals surface area contributed by atoms with Gasteiger partial charge in [0, 0.05) is 25.4 Å². The largest absolute Gasteiger partial charge is 0.350 e. The molecule has 0 fully saturated rings. The molecule has 2 N–H and O–H groups in total. The van der Waals surface area contributed by atoms with Crippen LogP contribution in [-0.2, 0) is 13.6 Å². The van der Waals surface area contributed by atoms with E-state index < -0.39 is 0 Å². The summed E-state index contributed by atoms with van der Waals surface area (Å²) >= 11 is 0. The van der Waals surface area contributed by atoms with Crippen molar-refractivity contribution in [1.29, 1.82) is 0 Å². The lowest BCUT2D eigenvalue weighted by molar-refractivity contribution is 0.854. The van der Waals surface area contributed by atoms with Gasteiger partial charge in [-0.15, -0.1) is 10.2 Å². The van der Waals surface area contributed by atoms with Crippen LogP contribution in [0.25, 0.3) is 0 Å². The highest BCUT2D eigenvalue weighted by atomic mass is 15.3. The molecule has 0 aliphatic heterocycles. The third-order valence-corrected chi connectivity index (χ3v) is 2.10. The van der Waals surface area contributed by atoms with E-state index in [1.807, 2.05) is 24.7 Å². The van der Waals surface area contributed by atoms with Gasteiger partial charge in [-0.25, -0.2) is 0 Å². The quantitative estimate of drug-likeness (QED) is 0.741. The lowest BCUT2D eigenvalue weighted by Gasteiger charge is -2.03. The first-order valence-corrected chi connectivity index (χ1v) is 4.35. The molecular weight excluding hydrogens is 180 g/mol. The van der Waals surface area contributed by atoms with Gasteiger partial charge in [-0.05, 0) is 6.92 Å². The summed E-state index contributed by atoms with van der Waals surface area (Å²) in [4.78, 5) is 0. The Kier molecular flexibility index (Phi) is 2.18. The Morgan fingerprint density at radius 3 is 2.93 bits per heavy atom. The molecule has 0 aliphatic rings. The number of aromatic amines is 1. The molecule has 2 heterocycles. The molecule has 2 rings (SSSR count). The van der Waals surface area contributed by atoms with Crippen LogP contribution in [0, 0.1) is 6.92 Å². The van der Waals surface area contributed by atoms with Gasteiger partial charge in [0.1, 0.15) is 5.82 Å². The Balaban J connectivity index is 2.02. The summed E-state index contributed by atoms with van der Waals surface area (Å²) in [7, 11) is 1.92. The van der Waals surface area contributed by atoms with Crippen molar-refractivity contribution in [2.24, 2.45) is 7.05 Å². The third kappa shape index (κ3) is 1.59. The van der Waals surface area contributed by atoms with E-state index in [2.05, 4.69) is 25.7 Å². The predicted octanol–water partition coefficient (Wildman–Crippen LogP) is 0.459. The van der Waals surface area contributed by atoms with Crippen molar-refractivity contribution in [3.8, 4) is 0 Å². The van der Waals surface area contributed by atoms with Gasteiger partial charge in [-0.2, -0.15) is 5.10 Å². The van der Waals surface area contributed by atoms with Gasteiger partial charge in [0.15, 0.2) is 0 Å². The van der Waals surface area contributed by atoms with Crippen molar-refractivity contribution in [3.63, 3.8) is 0 Å². The average Bonchev–Trinajstić information content (AvgIpc) is 2.77. The predicted molar refractivity (Wildman–Crippen MR) is 51.7 cm³/mol. The first kappa shape index (κ1) is 8.74. The fraction of sp³-hybridized carbons (Fsp3) is 0.375. The van der Waals surface area contributed by atoms with Crippen molar-refractivity contribution in [2.45, 2.75) is 13.5 Å². The van der Waals surface area contributed by atoms with Crippen LogP contribution in [0.4, 0.5) is 5.95 Å². The SMILES string of the molecule is Cc1nnc(NCc2cn[nH]c2)n1C. The minimum Gasteiger partial charge on any atom is -0.350 e. The van der Waals surface area contributed by atoms with Crippen LogP contribution in [0.2, 0.25) is 0 Å². The zero-order valence-corrected chi connectivity index (χ0v) is 8.15. The minimum atomic E-state index is 0.697. The van der Waals surface area contributed by atoms with Gasteiger partial charge in [-0.1, -0.05) is 0 Å². The van der Waals surface area contributed by atoms with Gasteiger partial charge in [-0.3, -0.25) is 5.10 Å². The van der Waals surface area contributed by atoms with Gasteiger partial charge in [0.05, 0.1) is 6.20 Å². The Bertz CT molecular complexity index is 401. The maximum absolute atomic E-state index is 3.99. The number of hydrogen-bond donors (Lipinski definition) is 2. The topological polar surface area (TPSA) is 71.4 Å². The smallest absolute Gasteiger partial charge is 0.224 e. The summed E-state index contributed by atoms with van der Waals surface area (Å²) in [5.74, 6) is 1.66. The standard InChI is InChI=1S/C8H12N6/c1-6-12-13-8(14(6)2)9-3-7-4-10-11-5-7/h4-5H,3H2,1-2H3,(H,9,13)(H,10,11). The van der Waals surface area contributed by atoms with Crippen molar-refractivity contribution >= 4 is 5.95 Å². The summed E-state index contributed by atoms with van der Waals surface area (Å²) < 4.78 is 1.90. The number of hydrogen-bond acceptors (Lipinski definition) is 4. The van der Waals surface area contributed by atoms with Crippen molar-refractivity contribution in [1.82, 2.24) is 25.0 Å². The molecule has 0 unspecified atom stereocenters. The molecule has 6 heteroatoms. The van der Waals surface area contributed by atoms with Gasteiger partial charge in [0.25, 0.3) is 0 Å². The van der Waals surface area contributed by atoms with E-state index in [-0.39, 0.29) is 0 Å². The minimum absolute atomic E-state index is 0.697. The normalized spacial score (nSPS) is 10.4. The number of nitrogens with zero attached hydrogens (tertiary/aromatic N) is 4. The number of H-pyrrole nitrogens is 1. The highest BCUT2D eigenvalue weighted by Gasteiger charge is 2.03. The molecule has 14 heavy (non-hydrogen) atoms. The van der Waals surface area contributed by atoms with Crippen molar-refractivity contribution < 1.29 is 0 Å². The second kappa shape index (κ2) is 3.49. The monoisotopic (exact) mass is 192 g/mol. The lowest BCUT2D eigenvalue weighted by atomic mass is 10.4. The molecule has 0 atom stereocenters. The first-order chi connectivity index (χ1) is 6.77. The fourth-order valence-corrected chi connectivity index (χ4v) is 1.12. The van der Waals surface area contributed by atoms with Gasteiger partial charge >= 0.3 is 0 Å². The van der Waals surface area contributed by atoms with E-state index in [1.165, 1.54) is 0 Å². The Morgan fingerprint density at radius 1 is 1.50 bits per heavy atom. The fourth-order valence-electron chi connectivity index (χ4n) is 1.12. The number of nitrogens with one attached hydrogen (secondary N) is 2. The number of aromatic nitrogens is 5. The highest BCUT2D eigenvalue weighted by molar-refractivity contribution is 5.26. The van der Waals surface area contributed by atoms with E-state index in [9.17, 15) is 0 Å². The zero-order chi connectivity index (χ0) is 9.97. The maximum Gasteiger partial charge on any atom is 0.224 e. The van der Waals surface area contributed by atoms with Crippen molar-refractivity contribution in [2.75, 3.05) is 5.32 Å². The average molecular weight is 192 g/mol. The van der Waals surface area contributed by atoms with Crippen LogP contribution < -0.4 is 5.32 Å². The van der Waals surface area contributed by atoms with Crippen LogP contribution in [-0.4, -0.2) is 25.0 Å². The molecule has 0 radical (unpaired) electrons. The van der Waals surface area contributed by atoms with Crippen LogP contribution in [0.15, 0.2) is 12.4 Å². The van der Waals surface area contributed by atoms with Gasteiger partial charge in [0.2, 0.25) is 5.95 Å². The van der Waals surface area contributed by atoms with E-state index in [1.54, 1.807) is 6.20 Å². The van der Waals surface area contributed by atoms with E-state index in [4.69, 9.17) is 0 Å². The van der Waals surface area contributed by atoms with E-state index >= 15 is 0 Å². The highest BCUT2D eigenvalue weighted by Crippen LogP contribution is 2.05. The third-order valence-electron chi connectivity index (χ3n) is 2.10. The van der Waals surface area contributed by atoms with E-state index in [0.29, 0.717) is 6.54 Å². The molecule has 0 aliphatic carbocycles. The summed E-state index contributed by atoms with van der Waals surface area (Å²) in [6.45, 7) is 2.61. The molecule has 0 amide bonds. The Hall–Kier alpha value is -1.85. The number of aryl methyl sites for hydroxylation is 1. The number of rotatable bonds is 3. The second-order valence-corrected chi connectivity index (χ2v) is 3.09. The Morgan fingerprint density at radius 2 is 2.36 bits per heavy atom. The van der Waals surface area contributed by atoms with Crippen LogP contribution >= 0.6 is 0 Å².